The van der Waals surface area contributed by atoms with Gasteiger partial charge < -0.3 is 9.84 Å². The molecular formula is C17H24O4. The number of allylic oxidation sites excluding steroid dienone is 2. The van der Waals surface area contributed by atoms with E-state index in [9.17, 15) is 14.7 Å². The molecule has 0 aromatic heterocycles. The van der Waals surface area contributed by atoms with E-state index < -0.39 is 17.8 Å². The predicted molar refractivity (Wildman–Crippen MR) is 77.6 cm³/mol. The van der Waals surface area contributed by atoms with Gasteiger partial charge in [0.2, 0.25) is 0 Å². The second kappa shape index (κ2) is 5.47. The number of carboxylic acid groups (broad SMARTS) is 1. The van der Waals surface area contributed by atoms with Gasteiger partial charge in [-0.2, -0.15) is 0 Å². The summed E-state index contributed by atoms with van der Waals surface area (Å²) in [7, 11) is 0. The number of hydrogen-bond acceptors (Lipinski definition) is 3. The lowest BCUT2D eigenvalue weighted by atomic mass is 9.81. The molecule has 116 valence electrons. The van der Waals surface area contributed by atoms with Gasteiger partial charge in [-0.05, 0) is 50.4 Å². The van der Waals surface area contributed by atoms with E-state index in [1.165, 1.54) is 6.42 Å². The fourth-order valence-electron chi connectivity index (χ4n) is 4.49. The fraction of sp³-hybridized carbons (Fsp3) is 0.765. The van der Waals surface area contributed by atoms with E-state index in [2.05, 4.69) is 6.92 Å². The van der Waals surface area contributed by atoms with E-state index in [4.69, 9.17) is 4.74 Å². The number of fused-ring (bicyclic) bond motifs is 2. The van der Waals surface area contributed by atoms with Gasteiger partial charge in [0.15, 0.2) is 0 Å². The highest BCUT2D eigenvalue weighted by atomic mass is 16.6. The van der Waals surface area contributed by atoms with Crippen LogP contribution in [-0.2, 0) is 14.3 Å². The van der Waals surface area contributed by atoms with Crippen LogP contribution in [0.25, 0.3) is 0 Å². The molecule has 0 aliphatic heterocycles. The number of carboxylic acids is 1. The molecule has 21 heavy (non-hydrogen) atoms. The Labute approximate surface area is 125 Å². The summed E-state index contributed by atoms with van der Waals surface area (Å²) in [5.74, 6) is -2.14. The van der Waals surface area contributed by atoms with E-state index >= 15 is 0 Å². The minimum Gasteiger partial charge on any atom is -0.481 e. The van der Waals surface area contributed by atoms with Crippen LogP contribution in [0.15, 0.2) is 12.2 Å². The first kappa shape index (κ1) is 14.6. The lowest BCUT2D eigenvalue weighted by Crippen LogP contribution is -2.42. The Bertz CT molecular complexity index is 461. The van der Waals surface area contributed by atoms with Crippen molar-refractivity contribution in [2.75, 3.05) is 0 Å². The molecule has 0 amide bonds. The molecule has 4 nitrogen and oxygen atoms in total. The number of rotatable bonds is 4. The highest BCUT2D eigenvalue weighted by Gasteiger charge is 2.53. The van der Waals surface area contributed by atoms with Crippen LogP contribution in [0.5, 0.6) is 0 Å². The minimum absolute atomic E-state index is 0.00832. The molecule has 4 atom stereocenters. The predicted octanol–water partition coefficient (Wildman–Crippen LogP) is 3.17. The summed E-state index contributed by atoms with van der Waals surface area (Å²) in [6.07, 6.45) is 10.8. The van der Waals surface area contributed by atoms with Crippen molar-refractivity contribution in [3.8, 4) is 0 Å². The first-order valence-electron chi connectivity index (χ1n) is 8.20. The maximum absolute atomic E-state index is 12.7. The molecule has 2 saturated carbocycles. The molecule has 0 aromatic carbocycles. The van der Waals surface area contributed by atoms with E-state index in [1.807, 2.05) is 12.2 Å². The Morgan fingerprint density at radius 3 is 2.33 bits per heavy atom. The summed E-state index contributed by atoms with van der Waals surface area (Å²) in [6.45, 7) is 2.06. The average Bonchev–Trinajstić information content (AvgIpc) is 3.08. The van der Waals surface area contributed by atoms with Gasteiger partial charge in [0.1, 0.15) is 5.60 Å². The molecule has 2 bridgehead atoms. The van der Waals surface area contributed by atoms with Gasteiger partial charge >= 0.3 is 11.9 Å². The number of ether oxygens (including phenoxy) is 1. The van der Waals surface area contributed by atoms with Crippen molar-refractivity contribution in [3.05, 3.63) is 12.2 Å². The van der Waals surface area contributed by atoms with Crippen LogP contribution in [0.2, 0.25) is 0 Å². The van der Waals surface area contributed by atoms with Crippen LogP contribution in [0, 0.1) is 23.7 Å². The third kappa shape index (κ3) is 2.49. The second-order valence-corrected chi connectivity index (χ2v) is 6.86. The molecule has 4 unspecified atom stereocenters. The highest BCUT2D eigenvalue weighted by Crippen LogP contribution is 2.49. The zero-order chi connectivity index (χ0) is 15.0. The Hall–Kier alpha value is -1.32. The van der Waals surface area contributed by atoms with Crippen LogP contribution in [-0.4, -0.2) is 22.6 Å². The normalized spacial score (nSPS) is 36.6. The molecule has 3 rings (SSSR count). The van der Waals surface area contributed by atoms with Gasteiger partial charge in [-0.15, -0.1) is 0 Å². The molecule has 3 aliphatic rings. The Morgan fingerprint density at radius 2 is 1.76 bits per heavy atom. The standard InChI is InChI=1S/C17H24O4/c1-2-17(8-4-3-5-9-17)21-16(20)14-12-7-6-11(10-12)13(14)15(18)19/h6-7,11-14H,2-5,8-10H2,1H3,(H,18,19). The van der Waals surface area contributed by atoms with Crippen LogP contribution in [0.3, 0.4) is 0 Å². The average molecular weight is 292 g/mol. The van der Waals surface area contributed by atoms with Crippen LogP contribution in [0.1, 0.15) is 51.9 Å². The van der Waals surface area contributed by atoms with Crippen molar-refractivity contribution in [1.82, 2.24) is 0 Å². The zero-order valence-electron chi connectivity index (χ0n) is 12.6. The van der Waals surface area contributed by atoms with Crippen molar-refractivity contribution < 1.29 is 19.4 Å². The quantitative estimate of drug-likeness (QED) is 0.638. The topological polar surface area (TPSA) is 63.6 Å². The summed E-state index contributed by atoms with van der Waals surface area (Å²) in [4.78, 5) is 24.2. The van der Waals surface area contributed by atoms with Crippen LogP contribution >= 0.6 is 0 Å². The number of hydrogen-bond donors (Lipinski definition) is 1. The van der Waals surface area contributed by atoms with Gasteiger partial charge in [-0.3, -0.25) is 9.59 Å². The molecule has 0 saturated heterocycles. The second-order valence-electron chi connectivity index (χ2n) is 6.86. The lowest BCUT2D eigenvalue weighted by Gasteiger charge is -2.38. The van der Waals surface area contributed by atoms with Gasteiger partial charge in [-0.25, -0.2) is 0 Å². The SMILES string of the molecule is CCC1(OC(=O)C2C3C=CC(C3)C2C(=O)O)CCCCC1. The summed E-state index contributed by atoms with van der Waals surface area (Å²) >= 11 is 0. The Balaban J connectivity index is 1.75. The van der Waals surface area contributed by atoms with Crippen molar-refractivity contribution >= 4 is 11.9 Å². The molecular weight excluding hydrogens is 268 g/mol. The maximum Gasteiger partial charge on any atom is 0.310 e. The van der Waals surface area contributed by atoms with Crippen molar-refractivity contribution in [2.24, 2.45) is 23.7 Å². The van der Waals surface area contributed by atoms with Crippen molar-refractivity contribution in [3.63, 3.8) is 0 Å². The van der Waals surface area contributed by atoms with Gasteiger partial charge in [0.25, 0.3) is 0 Å². The Morgan fingerprint density at radius 1 is 1.14 bits per heavy atom. The van der Waals surface area contributed by atoms with Gasteiger partial charge in [0, 0.05) is 0 Å². The van der Waals surface area contributed by atoms with Crippen LogP contribution in [0.4, 0.5) is 0 Å². The third-order valence-corrected chi connectivity index (χ3v) is 5.74. The molecule has 0 aromatic rings. The summed E-state index contributed by atoms with van der Waals surface area (Å²) in [6, 6.07) is 0. The fourth-order valence-corrected chi connectivity index (χ4v) is 4.49. The van der Waals surface area contributed by atoms with E-state index in [-0.39, 0.29) is 23.4 Å². The summed E-state index contributed by atoms with van der Waals surface area (Å²) in [5.41, 5.74) is -0.343. The number of carbonyl (C=O) groups is 2. The first-order valence-corrected chi connectivity index (χ1v) is 8.20. The number of carbonyl (C=O) groups excluding carboxylic acids is 1. The Kier molecular flexibility index (Phi) is 3.80. The zero-order valence-corrected chi connectivity index (χ0v) is 12.6. The number of aliphatic carboxylic acids is 1. The lowest BCUT2D eigenvalue weighted by molar-refractivity contribution is -0.174. The molecule has 0 radical (unpaired) electrons. The summed E-state index contributed by atoms with van der Waals surface area (Å²) in [5, 5.41) is 9.44. The smallest absolute Gasteiger partial charge is 0.310 e. The third-order valence-electron chi connectivity index (χ3n) is 5.74. The minimum atomic E-state index is -0.858. The van der Waals surface area contributed by atoms with E-state index in [1.54, 1.807) is 0 Å². The van der Waals surface area contributed by atoms with E-state index in [0.717, 1.165) is 38.5 Å². The summed E-state index contributed by atoms with van der Waals surface area (Å²) < 4.78 is 5.91. The molecule has 4 heteroatoms. The van der Waals surface area contributed by atoms with Crippen molar-refractivity contribution in [2.45, 2.75) is 57.5 Å². The number of esters is 1. The first-order chi connectivity index (χ1) is 10.1. The van der Waals surface area contributed by atoms with Crippen LogP contribution < -0.4 is 0 Å². The molecule has 0 heterocycles. The van der Waals surface area contributed by atoms with E-state index in [0.29, 0.717) is 0 Å². The molecule has 0 spiro atoms. The molecule has 3 aliphatic carbocycles. The van der Waals surface area contributed by atoms with Gasteiger partial charge in [0.05, 0.1) is 11.8 Å². The monoisotopic (exact) mass is 292 g/mol. The highest BCUT2D eigenvalue weighted by molar-refractivity contribution is 5.83. The molecule has 2 fully saturated rings. The largest absolute Gasteiger partial charge is 0.481 e. The maximum atomic E-state index is 12.7. The van der Waals surface area contributed by atoms with Gasteiger partial charge in [-0.1, -0.05) is 25.5 Å². The molecule has 1 N–H and O–H groups in total. The van der Waals surface area contributed by atoms with Crippen molar-refractivity contribution in [1.29, 1.82) is 0 Å².